The summed E-state index contributed by atoms with van der Waals surface area (Å²) in [6, 6.07) is 66.6. The molecule has 1 aliphatic carbocycles. The van der Waals surface area contributed by atoms with Crippen molar-refractivity contribution in [1.29, 1.82) is 0 Å². The van der Waals surface area contributed by atoms with Gasteiger partial charge in [-0.1, -0.05) is 159 Å². The van der Waals surface area contributed by atoms with E-state index in [1.165, 1.54) is 110 Å². The van der Waals surface area contributed by atoms with Crippen molar-refractivity contribution in [2.45, 2.75) is 58.5 Å². The maximum atomic E-state index is 2.64. The van der Waals surface area contributed by atoms with Gasteiger partial charge in [0, 0.05) is 40.7 Å². The summed E-state index contributed by atoms with van der Waals surface area (Å²) >= 11 is 0. The summed E-state index contributed by atoms with van der Waals surface area (Å²) in [5.41, 5.74) is 16.9. The Hall–Kier alpha value is -6.74. The first-order chi connectivity index (χ1) is 30.1. The number of nitrogens with zero attached hydrogens (tertiary/aromatic N) is 2. The van der Waals surface area contributed by atoms with E-state index in [4.69, 9.17) is 0 Å². The van der Waals surface area contributed by atoms with Crippen molar-refractivity contribution < 1.29 is 0 Å². The molecule has 0 spiro atoms. The second kappa shape index (κ2) is 13.6. The van der Waals surface area contributed by atoms with Gasteiger partial charge in [0.15, 0.2) is 0 Å². The van der Waals surface area contributed by atoms with Crippen LogP contribution in [0.5, 0.6) is 0 Å². The second-order valence-corrected chi connectivity index (χ2v) is 19.2. The third kappa shape index (κ3) is 5.52. The van der Waals surface area contributed by atoms with Crippen LogP contribution in [0.2, 0.25) is 0 Å². The topological polar surface area (TPSA) is 6.48 Å². The molecule has 10 aromatic rings. The summed E-state index contributed by atoms with van der Waals surface area (Å²) in [4.78, 5) is 5.25. The summed E-state index contributed by atoms with van der Waals surface area (Å²) in [6.07, 6.45) is 1.01. The molecule has 2 nitrogen and oxygen atoms in total. The zero-order valence-electron chi connectivity index (χ0n) is 36.3. The summed E-state index contributed by atoms with van der Waals surface area (Å²) in [7, 11) is 0. The Morgan fingerprint density at radius 1 is 0.484 bits per heavy atom. The Morgan fingerprint density at radius 2 is 1.13 bits per heavy atom. The molecule has 0 unspecified atom stereocenters. The molecule has 10 aromatic carbocycles. The average molecular weight is 799 g/mol. The van der Waals surface area contributed by atoms with Crippen LogP contribution in [0, 0.1) is 0 Å². The monoisotopic (exact) mass is 798 g/mol. The van der Waals surface area contributed by atoms with Crippen LogP contribution in [-0.4, -0.2) is 17.0 Å². The molecule has 12 rings (SSSR count). The van der Waals surface area contributed by atoms with E-state index in [0.29, 0.717) is 0 Å². The molecule has 0 atom stereocenters. The van der Waals surface area contributed by atoms with Crippen LogP contribution in [0.15, 0.2) is 176 Å². The van der Waals surface area contributed by atoms with Crippen molar-refractivity contribution in [1.82, 2.24) is 4.90 Å². The third-order valence-electron chi connectivity index (χ3n) is 14.4. The zero-order valence-corrected chi connectivity index (χ0v) is 36.3. The lowest BCUT2D eigenvalue weighted by Gasteiger charge is -2.40. The lowest BCUT2D eigenvalue weighted by atomic mass is 9.81. The van der Waals surface area contributed by atoms with Crippen LogP contribution in [0.25, 0.3) is 76.5 Å². The van der Waals surface area contributed by atoms with E-state index in [1.807, 2.05) is 0 Å². The van der Waals surface area contributed by atoms with Gasteiger partial charge in [-0.15, -0.1) is 0 Å². The summed E-state index contributed by atoms with van der Waals surface area (Å²) in [5, 5.41) is 10.4. The molecule has 62 heavy (non-hydrogen) atoms. The van der Waals surface area contributed by atoms with Crippen molar-refractivity contribution in [3.05, 3.63) is 198 Å². The molecule has 300 valence electrons. The van der Waals surface area contributed by atoms with Crippen molar-refractivity contribution in [2.75, 3.05) is 11.4 Å². The van der Waals surface area contributed by atoms with Gasteiger partial charge in [0.2, 0.25) is 0 Å². The van der Waals surface area contributed by atoms with E-state index in [9.17, 15) is 0 Å². The molecular weight excluding hydrogens is 749 g/mol. The van der Waals surface area contributed by atoms with Crippen LogP contribution < -0.4 is 4.90 Å². The smallest absolute Gasteiger partial charge is 0.0547 e. The minimum atomic E-state index is -0.180. The van der Waals surface area contributed by atoms with Gasteiger partial charge in [0.05, 0.1) is 11.4 Å². The number of hydrogen-bond donors (Lipinski definition) is 0. The van der Waals surface area contributed by atoms with E-state index in [0.717, 1.165) is 25.2 Å². The molecular formula is C60H50N2. The van der Waals surface area contributed by atoms with E-state index in [1.54, 1.807) is 0 Å². The quantitative estimate of drug-likeness (QED) is 0.126. The normalized spacial score (nSPS) is 14.7. The van der Waals surface area contributed by atoms with Crippen molar-refractivity contribution in [2.24, 2.45) is 0 Å². The lowest BCUT2D eigenvalue weighted by Crippen LogP contribution is -2.44. The molecule has 2 heteroatoms. The molecule has 0 fully saturated rings. The second-order valence-electron chi connectivity index (χ2n) is 19.2. The maximum Gasteiger partial charge on any atom is 0.0547 e. The Labute approximate surface area is 365 Å². The van der Waals surface area contributed by atoms with E-state index in [-0.39, 0.29) is 11.0 Å². The molecule has 0 N–H and O–H groups in total. The fraction of sp³-hybridized carbons (Fsp3) is 0.167. The highest BCUT2D eigenvalue weighted by Gasteiger charge is 2.38. The lowest BCUT2D eigenvalue weighted by molar-refractivity contribution is 0.121. The number of fused-ring (bicyclic) bond motifs is 6. The highest BCUT2D eigenvalue weighted by Crippen LogP contribution is 2.56. The van der Waals surface area contributed by atoms with Gasteiger partial charge < -0.3 is 4.90 Å². The Bertz CT molecular complexity index is 3380. The molecule has 0 saturated carbocycles. The molecule has 1 aliphatic heterocycles. The predicted octanol–water partition coefficient (Wildman–Crippen LogP) is 16.0. The Morgan fingerprint density at radius 3 is 1.89 bits per heavy atom. The van der Waals surface area contributed by atoms with Gasteiger partial charge in [0.1, 0.15) is 0 Å². The Balaban J connectivity index is 1.20. The number of benzene rings is 10. The first-order valence-corrected chi connectivity index (χ1v) is 22.3. The summed E-state index contributed by atoms with van der Waals surface area (Å²) in [6.45, 7) is 13.9. The molecule has 2 aliphatic rings. The first-order valence-electron chi connectivity index (χ1n) is 22.3. The van der Waals surface area contributed by atoms with Gasteiger partial charge in [0.25, 0.3) is 0 Å². The summed E-state index contributed by atoms with van der Waals surface area (Å²) in [5.74, 6) is 0. The SMILES string of the molecule is CC1(C)c2ccccc2-c2cc(-c3cccc4c3CCN(C(C)(C)C)C4)c(N(c3ccc(-c4ccccc4)cc3)c3ccc4cccc5c6cccc7cccc(c3c45)c76)cc21. The van der Waals surface area contributed by atoms with Gasteiger partial charge in [-0.05, 0) is 145 Å². The van der Waals surface area contributed by atoms with Gasteiger partial charge >= 0.3 is 0 Å². The van der Waals surface area contributed by atoms with Crippen LogP contribution in [0.3, 0.4) is 0 Å². The molecule has 1 heterocycles. The fourth-order valence-corrected chi connectivity index (χ4v) is 11.2. The molecule has 0 amide bonds. The molecule has 0 aromatic heterocycles. The fourth-order valence-electron chi connectivity index (χ4n) is 11.2. The molecule has 0 saturated heterocycles. The van der Waals surface area contributed by atoms with Crippen molar-refractivity contribution in [3.63, 3.8) is 0 Å². The van der Waals surface area contributed by atoms with Gasteiger partial charge in [-0.3, -0.25) is 4.90 Å². The van der Waals surface area contributed by atoms with Crippen LogP contribution in [0.4, 0.5) is 17.1 Å². The minimum absolute atomic E-state index is 0.0994. The van der Waals surface area contributed by atoms with Gasteiger partial charge in [-0.2, -0.15) is 0 Å². The molecule has 0 radical (unpaired) electrons. The van der Waals surface area contributed by atoms with E-state index >= 15 is 0 Å². The number of anilines is 3. The van der Waals surface area contributed by atoms with Gasteiger partial charge in [-0.25, -0.2) is 0 Å². The number of hydrogen-bond acceptors (Lipinski definition) is 2. The summed E-state index contributed by atoms with van der Waals surface area (Å²) < 4.78 is 0. The third-order valence-corrected chi connectivity index (χ3v) is 14.4. The van der Waals surface area contributed by atoms with Crippen molar-refractivity contribution >= 4 is 60.2 Å². The van der Waals surface area contributed by atoms with Crippen LogP contribution >= 0.6 is 0 Å². The zero-order chi connectivity index (χ0) is 41.9. The first kappa shape index (κ1) is 37.1. The molecule has 0 bridgehead atoms. The number of rotatable bonds is 5. The standard InChI is InChI=1S/C60H50N2/c1-59(2,3)61-34-33-44-42(37-61)20-14-22-45(44)51-35-50-46-21-9-10-26-52(46)60(4,5)53(50)36-55(51)62(43-30-27-39(28-31-43)38-15-7-6-8-16-38)54-32-29-41-19-12-24-48-47-23-11-17-40-18-13-25-49(56(40)47)58(54)57(41)48/h6-32,35-36H,33-34,37H2,1-5H3. The Kier molecular flexibility index (Phi) is 8.15. The van der Waals surface area contributed by atoms with E-state index < -0.39 is 0 Å². The van der Waals surface area contributed by atoms with Crippen LogP contribution in [0.1, 0.15) is 56.9 Å². The highest BCUT2D eigenvalue weighted by atomic mass is 15.2. The van der Waals surface area contributed by atoms with Crippen LogP contribution in [-0.2, 0) is 18.4 Å². The average Bonchev–Trinajstić information content (AvgIpc) is 3.52. The minimum Gasteiger partial charge on any atom is -0.309 e. The highest BCUT2D eigenvalue weighted by molar-refractivity contribution is 6.35. The largest absolute Gasteiger partial charge is 0.309 e. The van der Waals surface area contributed by atoms with E-state index in [2.05, 4.69) is 220 Å². The van der Waals surface area contributed by atoms with Crippen molar-refractivity contribution in [3.8, 4) is 33.4 Å². The predicted molar refractivity (Wildman–Crippen MR) is 265 cm³/mol. The maximum absolute atomic E-state index is 2.64.